The molecule has 0 spiro atoms. The lowest BCUT2D eigenvalue weighted by molar-refractivity contribution is 0.933. The molecule has 0 atom stereocenters. The number of para-hydroxylation sites is 2. The fourth-order valence-electron chi connectivity index (χ4n) is 2.99. The number of anilines is 4. The van der Waals surface area contributed by atoms with Crippen molar-refractivity contribution in [1.82, 2.24) is 9.97 Å². The molecule has 1 aliphatic heterocycles. The average molecular weight is 302 g/mol. The summed E-state index contributed by atoms with van der Waals surface area (Å²) in [5, 5.41) is 0. The second kappa shape index (κ2) is 5.72. The van der Waals surface area contributed by atoms with Crippen LogP contribution in [0.15, 0.2) is 66.9 Å². The summed E-state index contributed by atoms with van der Waals surface area (Å²) in [6.07, 6.45) is 2.87. The van der Waals surface area contributed by atoms with Crippen LogP contribution in [0, 0.1) is 0 Å². The molecule has 4 heteroatoms. The zero-order valence-electron chi connectivity index (χ0n) is 13.1. The highest BCUT2D eigenvalue weighted by Crippen LogP contribution is 2.33. The number of fused-ring (bicyclic) bond motifs is 1. The summed E-state index contributed by atoms with van der Waals surface area (Å²) in [7, 11) is 2.03. The second-order valence-corrected chi connectivity index (χ2v) is 5.64. The minimum Gasteiger partial charge on any atom is -0.329 e. The summed E-state index contributed by atoms with van der Waals surface area (Å²) < 4.78 is 0. The van der Waals surface area contributed by atoms with Crippen LogP contribution in [0.4, 0.5) is 23.1 Å². The van der Waals surface area contributed by atoms with Crippen LogP contribution >= 0.6 is 0 Å². The fourth-order valence-corrected chi connectivity index (χ4v) is 2.99. The smallest absolute Gasteiger partial charge is 0.231 e. The Hall–Kier alpha value is -2.88. The molecule has 0 bridgehead atoms. The molecule has 114 valence electrons. The highest BCUT2D eigenvalue weighted by molar-refractivity contribution is 5.67. The Kier molecular flexibility index (Phi) is 3.42. The Morgan fingerprint density at radius 1 is 0.957 bits per heavy atom. The van der Waals surface area contributed by atoms with Gasteiger partial charge in [0.05, 0.1) is 0 Å². The Labute approximate surface area is 136 Å². The third kappa shape index (κ3) is 2.52. The van der Waals surface area contributed by atoms with Gasteiger partial charge < -0.3 is 9.80 Å². The standard InChI is InChI=1S/C19H18N4/c1-22(16-8-3-2-4-9-16)18-11-13-20-19(21-18)23-14-12-15-7-5-6-10-17(15)23/h2-11,13H,12,14H2,1H3. The SMILES string of the molecule is CN(c1ccccc1)c1ccnc(N2CCc3ccccc32)n1. The predicted molar refractivity (Wildman–Crippen MR) is 93.7 cm³/mol. The molecule has 0 saturated carbocycles. The zero-order chi connectivity index (χ0) is 15.6. The maximum Gasteiger partial charge on any atom is 0.231 e. The molecule has 3 aromatic rings. The van der Waals surface area contributed by atoms with Crippen molar-refractivity contribution in [2.24, 2.45) is 0 Å². The monoisotopic (exact) mass is 302 g/mol. The molecular weight excluding hydrogens is 284 g/mol. The minimum atomic E-state index is 0.759. The van der Waals surface area contributed by atoms with Crippen LogP contribution in [0.2, 0.25) is 0 Å². The summed E-state index contributed by atoms with van der Waals surface area (Å²) in [6.45, 7) is 0.928. The number of hydrogen-bond acceptors (Lipinski definition) is 4. The molecule has 1 aromatic heterocycles. The van der Waals surface area contributed by atoms with Gasteiger partial charge in [0.2, 0.25) is 5.95 Å². The quantitative estimate of drug-likeness (QED) is 0.733. The molecule has 4 rings (SSSR count). The van der Waals surface area contributed by atoms with Crippen molar-refractivity contribution in [3.63, 3.8) is 0 Å². The molecule has 0 radical (unpaired) electrons. The number of aromatic nitrogens is 2. The van der Waals surface area contributed by atoms with Gasteiger partial charge in [0, 0.05) is 31.2 Å². The van der Waals surface area contributed by atoms with E-state index in [-0.39, 0.29) is 0 Å². The third-order valence-electron chi connectivity index (χ3n) is 4.24. The van der Waals surface area contributed by atoms with Gasteiger partial charge in [-0.2, -0.15) is 4.98 Å². The number of nitrogens with zero attached hydrogens (tertiary/aromatic N) is 4. The van der Waals surface area contributed by atoms with Crippen molar-refractivity contribution in [2.75, 3.05) is 23.4 Å². The van der Waals surface area contributed by atoms with Crippen molar-refractivity contribution in [2.45, 2.75) is 6.42 Å². The predicted octanol–water partition coefficient (Wildman–Crippen LogP) is 3.94. The van der Waals surface area contributed by atoms with E-state index < -0.39 is 0 Å². The van der Waals surface area contributed by atoms with Crippen molar-refractivity contribution >= 4 is 23.1 Å². The van der Waals surface area contributed by atoms with Crippen LogP contribution in [0.25, 0.3) is 0 Å². The number of rotatable bonds is 3. The summed E-state index contributed by atoms with van der Waals surface area (Å²) >= 11 is 0. The fraction of sp³-hybridized carbons (Fsp3) is 0.158. The Balaban J connectivity index is 1.68. The molecule has 1 aliphatic rings. The maximum atomic E-state index is 4.77. The van der Waals surface area contributed by atoms with Crippen LogP contribution in [0.3, 0.4) is 0 Å². The average Bonchev–Trinajstić information content (AvgIpc) is 3.06. The first-order chi connectivity index (χ1) is 11.3. The van der Waals surface area contributed by atoms with Crippen LogP contribution in [-0.4, -0.2) is 23.6 Å². The van der Waals surface area contributed by atoms with Crippen LogP contribution in [0.1, 0.15) is 5.56 Å². The molecule has 0 saturated heterocycles. The van der Waals surface area contributed by atoms with E-state index in [1.807, 2.05) is 37.5 Å². The molecule has 4 nitrogen and oxygen atoms in total. The van der Waals surface area contributed by atoms with E-state index in [0.29, 0.717) is 0 Å². The highest BCUT2D eigenvalue weighted by Gasteiger charge is 2.22. The van der Waals surface area contributed by atoms with Gasteiger partial charge in [-0.05, 0) is 36.2 Å². The molecule has 2 aromatic carbocycles. The first kappa shape index (κ1) is 13.8. The van der Waals surface area contributed by atoms with Crippen molar-refractivity contribution in [3.8, 4) is 0 Å². The van der Waals surface area contributed by atoms with E-state index >= 15 is 0 Å². The van der Waals surface area contributed by atoms with E-state index in [1.54, 1.807) is 0 Å². The van der Waals surface area contributed by atoms with E-state index in [9.17, 15) is 0 Å². The summed E-state index contributed by atoms with van der Waals surface area (Å²) in [5.74, 6) is 1.65. The topological polar surface area (TPSA) is 32.3 Å². The zero-order valence-corrected chi connectivity index (χ0v) is 13.1. The van der Waals surface area contributed by atoms with Gasteiger partial charge in [-0.25, -0.2) is 4.98 Å². The van der Waals surface area contributed by atoms with Crippen LogP contribution in [0.5, 0.6) is 0 Å². The van der Waals surface area contributed by atoms with Crippen molar-refractivity contribution in [1.29, 1.82) is 0 Å². The molecule has 0 amide bonds. The Bertz CT molecular complexity index is 816. The summed E-state index contributed by atoms with van der Waals surface area (Å²) in [4.78, 5) is 13.5. The lowest BCUT2D eigenvalue weighted by atomic mass is 10.2. The molecule has 0 unspecified atom stereocenters. The molecular formula is C19H18N4. The lowest BCUT2D eigenvalue weighted by Crippen LogP contribution is -2.18. The third-order valence-corrected chi connectivity index (χ3v) is 4.24. The second-order valence-electron chi connectivity index (χ2n) is 5.64. The van der Waals surface area contributed by atoms with Gasteiger partial charge in [-0.15, -0.1) is 0 Å². The van der Waals surface area contributed by atoms with Gasteiger partial charge in [-0.1, -0.05) is 36.4 Å². The first-order valence-electron chi connectivity index (χ1n) is 7.80. The minimum absolute atomic E-state index is 0.759. The summed E-state index contributed by atoms with van der Waals surface area (Å²) in [6, 6.07) is 20.6. The number of hydrogen-bond donors (Lipinski definition) is 0. The summed E-state index contributed by atoms with van der Waals surface area (Å²) in [5.41, 5.74) is 3.68. The van der Waals surface area contributed by atoms with Gasteiger partial charge >= 0.3 is 0 Å². The normalized spacial score (nSPS) is 13.0. The molecule has 0 aliphatic carbocycles. The Morgan fingerprint density at radius 3 is 2.61 bits per heavy atom. The molecule has 2 heterocycles. The first-order valence-corrected chi connectivity index (χ1v) is 7.80. The van der Waals surface area contributed by atoms with Gasteiger partial charge in [-0.3, -0.25) is 0 Å². The Morgan fingerprint density at radius 2 is 1.74 bits per heavy atom. The van der Waals surface area contributed by atoms with E-state index in [4.69, 9.17) is 4.98 Å². The van der Waals surface area contributed by atoms with E-state index in [0.717, 1.165) is 30.4 Å². The van der Waals surface area contributed by atoms with Crippen molar-refractivity contribution < 1.29 is 0 Å². The largest absolute Gasteiger partial charge is 0.329 e. The van der Waals surface area contributed by atoms with Gasteiger partial charge in [0.15, 0.2) is 0 Å². The van der Waals surface area contributed by atoms with Gasteiger partial charge in [0.25, 0.3) is 0 Å². The highest BCUT2D eigenvalue weighted by atomic mass is 15.3. The lowest BCUT2D eigenvalue weighted by Gasteiger charge is -2.21. The van der Waals surface area contributed by atoms with E-state index in [2.05, 4.69) is 51.2 Å². The van der Waals surface area contributed by atoms with Gasteiger partial charge in [0.1, 0.15) is 5.82 Å². The van der Waals surface area contributed by atoms with E-state index in [1.165, 1.54) is 11.3 Å². The van der Waals surface area contributed by atoms with Crippen molar-refractivity contribution in [3.05, 3.63) is 72.4 Å². The van der Waals surface area contributed by atoms with Crippen LogP contribution < -0.4 is 9.80 Å². The maximum absolute atomic E-state index is 4.77. The van der Waals surface area contributed by atoms with Crippen LogP contribution in [-0.2, 0) is 6.42 Å². The molecule has 0 fully saturated rings. The molecule has 0 N–H and O–H groups in total. The number of benzene rings is 2. The molecule has 23 heavy (non-hydrogen) atoms.